The van der Waals surface area contributed by atoms with Crippen molar-refractivity contribution in [2.24, 2.45) is 0 Å². The van der Waals surface area contributed by atoms with E-state index in [0.717, 1.165) is 17.1 Å². The topological polar surface area (TPSA) is 74.3 Å². The van der Waals surface area contributed by atoms with Gasteiger partial charge in [0.05, 0.1) is 0 Å². The molecule has 0 saturated carbocycles. The quantitative estimate of drug-likeness (QED) is 0.628. The maximum atomic E-state index is 12.5. The predicted octanol–water partition coefficient (Wildman–Crippen LogP) is 4.35. The lowest BCUT2D eigenvalue weighted by Crippen LogP contribution is -2.14. The Kier molecular flexibility index (Phi) is 5.69. The number of aromatic nitrogens is 1. The van der Waals surface area contributed by atoms with Crippen molar-refractivity contribution in [3.8, 4) is 0 Å². The lowest BCUT2D eigenvalue weighted by molar-refractivity contribution is 0.100. The minimum Gasteiger partial charge on any atom is -0.378 e. The Morgan fingerprint density at radius 1 is 0.893 bits per heavy atom. The van der Waals surface area contributed by atoms with Crippen LogP contribution in [0.15, 0.2) is 66.9 Å². The first-order valence-corrected chi connectivity index (χ1v) is 8.85. The second-order valence-corrected chi connectivity index (χ2v) is 6.59. The van der Waals surface area contributed by atoms with Crippen molar-refractivity contribution in [3.05, 3.63) is 78.1 Å². The number of amides is 1. The number of pyridine rings is 1. The summed E-state index contributed by atoms with van der Waals surface area (Å²) in [7, 11) is 3.98. The average Bonchev–Trinajstić information content (AvgIpc) is 2.69. The van der Waals surface area contributed by atoms with E-state index in [-0.39, 0.29) is 17.4 Å². The van der Waals surface area contributed by atoms with Crippen LogP contribution in [0.5, 0.6) is 0 Å². The largest absolute Gasteiger partial charge is 0.378 e. The van der Waals surface area contributed by atoms with Crippen LogP contribution in [0.2, 0.25) is 0 Å². The smallest absolute Gasteiger partial charge is 0.274 e. The highest BCUT2D eigenvalue weighted by atomic mass is 16.2. The van der Waals surface area contributed by atoms with Crippen molar-refractivity contribution in [3.63, 3.8) is 0 Å². The zero-order valence-corrected chi connectivity index (χ0v) is 16.1. The molecule has 2 N–H and O–H groups in total. The van der Waals surface area contributed by atoms with Gasteiger partial charge in [-0.05, 0) is 55.5 Å². The van der Waals surface area contributed by atoms with Gasteiger partial charge in [-0.2, -0.15) is 0 Å². The second-order valence-electron chi connectivity index (χ2n) is 6.59. The van der Waals surface area contributed by atoms with Crippen LogP contribution in [0, 0.1) is 0 Å². The molecule has 1 aromatic heterocycles. The van der Waals surface area contributed by atoms with Crippen LogP contribution in [0.25, 0.3) is 0 Å². The van der Waals surface area contributed by atoms with E-state index in [0.29, 0.717) is 11.3 Å². The predicted molar refractivity (Wildman–Crippen MR) is 113 cm³/mol. The molecule has 0 aliphatic rings. The van der Waals surface area contributed by atoms with Gasteiger partial charge in [0.1, 0.15) is 5.69 Å². The molecule has 0 aliphatic heterocycles. The first-order chi connectivity index (χ1) is 13.4. The summed E-state index contributed by atoms with van der Waals surface area (Å²) in [6, 6.07) is 18.3. The molecular formula is C22H22N4O2. The lowest BCUT2D eigenvalue weighted by atomic mass is 10.1. The van der Waals surface area contributed by atoms with Gasteiger partial charge >= 0.3 is 0 Å². The molecule has 28 heavy (non-hydrogen) atoms. The van der Waals surface area contributed by atoms with Gasteiger partial charge in [-0.1, -0.05) is 12.1 Å². The first-order valence-electron chi connectivity index (χ1n) is 8.85. The number of nitrogens with one attached hydrogen (secondary N) is 2. The molecule has 0 bridgehead atoms. The SMILES string of the molecule is CC(=O)c1cccc(NC(=O)c2cc(Nc3ccc(N(C)C)cc3)ccn2)c1. The summed E-state index contributed by atoms with van der Waals surface area (Å²) >= 11 is 0. The van der Waals surface area contributed by atoms with Crippen LogP contribution in [0.4, 0.5) is 22.7 Å². The highest BCUT2D eigenvalue weighted by Crippen LogP contribution is 2.21. The molecule has 0 unspecified atom stereocenters. The van der Waals surface area contributed by atoms with Crippen molar-refractivity contribution in [2.75, 3.05) is 29.6 Å². The minimum absolute atomic E-state index is 0.0549. The van der Waals surface area contributed by atoms with Gasteiger partial charge in [-0.25, -0.2) is 0 Å². The Balaban J connectivity index is 1.72. The van der Waals surface area contributed by atoms with E-state index < -0.39 is 0 Å². The van der Waals surface area contributed by atoms with Crippen LogP contribution in [-0.4, -0.2) is 30.8 Å². The van der Waals surface area contributed by atoms with Crippen LogP contribution >= 0.6 is 0 Å². The highest BCUT2D eigenvalue weighted by Gasteiger charge is 2.10. The van der Waals surface area contributed by atoms with Gasteiger partial charge in [0.15, 0.2) is 5.78 Å². The standard InChI is InChI=1S/C22H22N4O2/c1-15(27)16-5-4-6-18(13-16)25-22(28)21-14-19(11-12-23-21)24-17-7-9-20(10-8-17)26(2)3/h4-14H,1-3H3,(H,23,24)(H,25,28). The molecule has 3 aromatic rings. The van der Waals surface area contributed by atoms with E-state index in [1.165, 1.54) is 6.92 Å². The molecule has 0 atom stereocenters. The van der Waals surface area contributed by atoms with Gasteiger partial charge in [-0.3, -0.25) is 14.6 Å². The Morgan fingerprint density at radius 2 is 1.64 bits per heavy atom. The first kappa shape index (κ1) is 19.1. The fourth-order valence-corrected chi connectivity index (χ4v) is 2.65. The van der Waals surface area contributed by atoms with Crippen molar-refractivity contribution in [1.29, 1.82) is 0 Å². The van der Waals surface area contributed by atoms with Gasteiger partial charge in [0.25, 0.3) is 5.91 Å². The van der Waals surface area contributed by atoms with E-state index in [1.807, 2.05) is 43.3 Å². The summed E-state index contributed by atoms with van der Waals surface area (Å²) in [5, 5.41) is 6.05. The van der Waals surface area contributed by atoms with Crippen LogP contribution < -0.4 is 15.5 Å². The van der Waals surface area contributed by atoms with Crippen molar-refractivity contribution >= 4 is 34.4 Å². The monoisotopic (exact) mass is 374 g/mol. The number of hydrogen-bond acceptors (Lipinski definition) is 5. The maximum absolute atomic E-state index is 12.5. The molecule has 0 spiro atoms. The Labute approximate surface area is 164 Å². The number of anilines is 4. The summed E-state index contributed by atoms with van der Waals surface area (Å²) in [4.78, 5) is 30.2. The number of carbonyl (C=O) groups excluding carboxylic acids is 2. The van der Waals surface area contributed by atoms with E-state index in [9.17, 15) is 9.59 Å². The molecular weight excluding hydrogens is 352 g/mol. The molecule has 1 heterocycles. The van der Waals surface area contributed by atoms with Crippen LogP contribution in [0.3, 0.4) is 0 Å². The Bertz CT molecular complexity index is 997. The Hall–Kier alpha value is -3.67. The van der Waals surface area contributed by atoms with Crippen LogP contribution in [-0.2, 0) is 0 Å². The summed E-state index contributed by atoms with van der Waals surface area (Å²) in [5.74, 6) is -0.395. The normalized spacial score (nSPS) is 10.2. The Morgan fingerprint density at radius 3 is 2.32 bits per heavy atom. The summed E-state index contributed by atoms with van der Waals surface area (Å²) in [6.45, 7) is 1.49. The molecule has 0 saturated heterocycles. The fraction of sp³-hybridized carbons (Fsp3) is 0.136. The van der Waals surface area contributed by atoms with Gasteiger partial charge in [0, 0.05) is 48.6 Å². The van der Waals surface area contributed by atoms with Gasteiger partial charge in [-0.15, -0.1) is 0 Å². The molecule has 3 rings (SSSR count). The number of ketones is 1. The third kappa shape index (κ3) is 4.73. The molecule has 6 heteroatoms. The number of nitrogens with zero attached hydrogens (tertiary/aromatic N) is 2. The van der Waals surface area contributed by atoms with Crippen LogP contribution in [0.1, 0.15) is 27.8 Å². The average molecular weight is 374 g/mol. The van der Waals surface area contributed by atoms with Crippen molar-refractivity contribution in [2.45, 2.75) is 6.92 Å². The third-order valence-corrected chi connectivity index (χ3v) is 4.19. The fourth-order valence-electron chi connectivity index (χ4n) is 2.65. The molecule has 2 aromatic carbocycles. The lowest BCUT2D eigenvalue weighted by Gasteiger charge is -2.13. The summed E-state index contributed by atoms with van der Waals surface area (Å²) < 4.78 is 0. The van der Waals surface area contributed by atoms with E-state index in [4.69, 9.17) is 0 Å². The maximum Gasteiger partial charge on any atom is 0.274 e. The number of rotatable bonds is 6. The zero-order chi connectivity index (χ0) is 20.1. The molecule has 1 amide bonds. The minimum atomic E-state index is -0.340. The molecule has 6 nitrogen and oxygen atoms in total. The second kappa shape index (κ2) is 8.35. The van der Waals surface area contributed by atoms with E-state index in [2.05, 4.69) is 15.6 Å². The zero-order valence-electron chi connectivity index (χ0n) is 16.1. The summed E-state index contributed by atoms with van der Waals surface area (Å²) in [5.41, 5.74) is 4.16. The summed E-state index contributed by atoms with van der Waals surface area (Å²) in [6.07, 6.45) is 1.58. The van der Waals surface area contributed by atoms with Gasteiger partial charge < -0.3 is 15.5 Å². The van der Waals surface area contributed by atoms with E-state index >= 15 is 0 Å². The number of carbonyl (C=O) groups is 2. The van der Waals surface area contributed by atoms with Crippen molar-refractivity contribution < 1.29 is 9.59 Å². The van der Waals surface area contributed by atoms with E-state index in [1.54, 1.807) is 42.6 Å². The number of benzene rings is 2. The third-order valence-electron chi connectivity index (χ3n) is 4.19. The van der Waals surface area contributed by atoms with Gasteiger partial charge in [0.2, 0.25) is 0 Å². The molecule has 142 valence electrons. The molecule has 0 aliphatic carbocycles. The molecule has 0 radical (unpaired) electrons. The highest BCUT2D eigenvalue weighted by molar-refractivity contribution is 6.04. The number of Topliss-reactive ketones (excluding diaryl/α,β-unsaturated/α-hetero) is 1. The molecule has 0 fully saturated rings. The number of hydrogen-bond donors (Lipinski definition) is 2. The van der Waals surface area contributed by atoms with Crippen molar-refractivity contribution in [1.82, 2.24) is 4.98 Å².